The van der Waals surface area contributed by atoms with Crippen LogP contribution in [0.3, 0.4) is 0 Å². The molecule has 1 aromatic heterocycles. The van der Waals surface area contributed by atoms with Crippen molar-refractivity contribution >= 4 is 6.03 Å². The number of hydrogen-bond acceptors (Lipinski definition) is 5. The molecule has 3 rings (SSSR count). The number of benzene rings is 1. The zero-order valence-corrected chi connectivity index (χ0v) is 16.4. The Labute approximate surface area is 170 Å². The first-order valence-corrected chi connectivity index (χ1v) is 9.27. The van der Waals surface area contributed by atoms with Gasteiger partial charge in [-0.2, -0.15) is 13.2 Å². The molecule has 0 radical (unpaired) electrons. The van der Waals surface area contributed by atoms with Gasteiger partial charge in [0.15, 0.2) is 6.61 Å². The van der Waals surface area contributed by atoms with E-state index in [-0.39, 0.29) is 24.2 Å². The number of amides is 2. The molecule has 2 aromatic rings. The molecule has 2 heterocycles. The number of rotatable bonds is 5. The van der Waals surface area contributed by atoms with Crippen LogP contribution in [0.25, 0.3) is 0 Å². The molecule has 0 saturated heterocycles. The van der Waals surface area contributed by atoms with E-state index in [1.54, 1.807) is 6.07 Å². The third-order valence-corrected chi connectivity index (χ3v) is 3.83. The number of alkyl halides is 3. The summed E-state index contributed by atoms with van der Waals surface area (Å²) in [5, 5.41) is 5.30. The van der Waals surface area contributed by atoms with Gasteiger partial charge in [0.25, 0.3) is 0 Å². The lowest BCUT2D eigenvalue weighted by Gasteiger charge is -2.26. The van der Waals surface area contributed by atoms with Crippen molar-refractivity contribution in [1.82, 2.24) is 20.6 Å². The summed E-state index contributed by atoms with van der Waals surface area (Å²) < 4.78 is 59.8. The highest BCUT2D eigenvalue weighted by Gasteiger charge is 2.28. The van der Waals surface area contributed by atoms with Gasteiger partial charge >= 0.3 is 12.2 Å². The molecular weight excluding hydrogens is 408 g/mol. The van der Waals surface area contributed by atoms with Gasteiger partial charge in [-0.15, -0.1) is 0 Å². The van der Waals surface area contributed by atoms with Gasteiger partial charge in [0.05, 0.1) is 24.9 Å². The van der Waals surface area contributed by atoms with Crippen LogP contribution in [0.5, 0.6) is 11.6 Å². The van der Waals surface area contributed by atoms with E-state index in [0.717, 1.165) is 6.33 Å². The summed E-state index contributed by atoms with van der Waals surface area (Å²) in [6, 6.07) is 4.41. The summed E-state index contributed by atoms with van der Waals surface area (Å²) in [5.74, 6) is -0.306. The van der Waals surface area contributed by atoms with E-state index >= 15 is 0 Å². The number of ether oxygens (including phenoxy) is 2. The SMILES string of the molecule is CC.O=C(NCc1cc(OCC(F)(F)F)ncn1)NC1CCOc2cc(F)ccc21. The topological polar surface area (TPSA) is 85.4 Å². The Morgan fingerprint density at radius 1 is 1.27 bits per heavy atom. The minimum Gasteiger partial charge on any atom is -0.493 e. The van der Waals surface area contributed by atoms with Crippen LogP contribution in [0, 0.1) is 5.82 Å². The van der Waals surface area contributed by atoms with Gasteiger partial charge in [-0.05, 0) is 6.07 Å². The average Bonchev–Trinajstić information content (AvgIpc) is 2.72. The molecule has 0 aliphatic carbocycles. The predicted octanol–water partition coefficient (Wildman–Crippen LogP) is 3.91. The molecule has 7 nitrogen and oxygen atoms in total. The van der Waals surface area contributed by atoms with E-state index in [4.69, 9.17) is 4.74 Å². The van der Waals surface area contributed by atoms with Gasteiger partial charge in [0, 0.05) is 24.1 Å². The Balaban J connectivity index is 0.00000155. The second-order valence-corrected chi connectivity index (χ2v) is 5.95. The van der Waals surface area contributed by atoms with Crippen molar-refractivity contribution in [3.8, 4) is 11.6 Å². The lowest BCUT2D eigenvalue weighted by molar-refractivity contribution is -0.154. The molecule has 1 atom stereocenters. The van der Waals surface area contributed by atoms with Gasteiger partial charge in [0.2, 0.25) is 5.88 Å². The third-order valence-electron chi connectivity index (χ3n) is 3.83. The molecule has 0 bridgehead atoms. The molecule has 2 amide bonds. The quantitative estimate of drug-likeness (QED) is 0.703. The molecule has 1 aromatic carbocycles. The van der Waals surface area contributed by atoms with Crippen LogP contribution >= 0.6 is 0 Å². The van der Waals surface area contributed by atoms with Gasteiger partial charge in [0.1, 0.15) is 17.9 Å². The molecule has 11 heteroatoms. The highest BCUT2D eigenvalue weighted by atomic mass is 19.4. The molecular formula is C19H22F4N4O3. The second kappa shape index (κ2) is 10.6. The van der Waals surface area contributed by atoms with Crippen molar-refractivity contribution in [2.24, 2.45) is 0 Å². The minimum atomic E-state index is -4.48. The van der Waals surface area contributed by atoms with Crippen LogP contribution < -0.4 is 20.1 Å². The van der Waals surface area contributed by atoms with Crippen molar-refractivity contribution in [2.45, 2.75) is 39.0 Å². The van der Waals surface area contributed by atoms with E-state index < -0.39 is 24.6 Å². The van der Waals surface area contributed by atoms with Crippen LogP contribution in [0.2, 0.25) is 0 Å². The maximum Gasteiger partial charge on any atom is 0.422 e. The molecule has 1 unspecified atom stereocenters. The normalized spacial score (nSPS) is 15.1. The number of fused-ring (bicyclic) bond motifs is 1. The van der Waals surface area contributed by atoms with Gasteiger partial charge in [-0.25, -0.2) is 19.2 Å². The molecule has 0 fully saturated rings. The first kappa shape index (κ1) is 23.2. The fraction of sp³-hybridized carbons (Fsp3) is 0.421. The van der Waals surface area contributed by atoms with Gasteiger partial charge < -0.3 is 20.1 Å². The van der Waals surface area contributed by atoms with E-state index in [0.29, 0.717) is 24.3 Å². The number of carbonyl (C=O) groups is 1. The van der Waals surface area contributed by atoms with Crippen LogP contribution in [0.4, 0.5) is 22.4 Å². The van der Waals surface area contributed by atoms with Crippen molar-refractivity contribution in [1.29, 1.82) is 0 Å². The Morgan fingerprint density at radius 2 is 2.03 bits per heavy atom. The predicted molar refractivity (Wildman–Crippen MR) is 99.6 cm³/mol. The van der Waals surface area contributed by atoms with Crippen LogP contribution in [-0.2, 0) is 6.54 Å². The van der Waals surface area contributed by atoms with Crippen LogP contribution in [0.1, 0.15) is 37.6 Å². The monoisotopic (exact) mass is 430 g/mol. The van der Waals surface area contributed by atoms with Gasteiger partial charge in [-0.1, -0.05) is 19.9 Å². The van der Waals surface area contributed by atoms with Crippen LogP contribution in [-0.4, -0.2) is 35.4 Å². The number of hydrogen-bond donors (Lipinski definition) is 2. The third kappa shape index (κ3) is 7.05. The number of nitrogens with one attached hydrogen (secondary N) is 2. The molecule has 2 N–H and O–H groups in total. The fourth-order valence-corrected chi connectivity index (χ4v) is 2.60. The Hall–Kier alpha value is -3.11. The largest absolute Gasteiger partial charge is 0.493 e. The zero-order valence-electron chi connectivity index (χ0n) is 16.4. The molecule has 164 valence electrons. The average molecular weight is 430 g/mol. The van der Waals surface area contributed by atoms with Crippen molar-refractivity contribution in [3.63, 3.8) is 0 Å². The first-order chi connectivity index (χ1) is 14.3. The van der Waals surface area contributed by atoms with E-state index in [1.165, 1.54) is 18.2 Å². The second-order valence-electron chi connectivity index (χ2n) is 5.95. The lowest BCUT2D eigenvalue weighted by atomic mass is 10.0. The summed E-state index contributed by atoms with van der Waals surface area (Å²) in [4.78, 5) is 19.6. The van der Waals surface area contributed by atoms with Crippen LogP contribution in [0.15, 0.2) is 30.6 Å². The highest BCUT2D eigenvalue weighted by molar-refractivity contribution is 5.74. The smallest absolute Gasteiger partial charge is 0.422 e. The number of urea groups is 1. The lowest BCUT2D eigenvalue weighted by Crippen LogP contribution is -2.39. The standard InChI is InChI=1S/C17H16F4N4O3.C2H6/c18-10-1-2-12-13(3-4-27-14(12)5-10)25-16(26)22-7-11-6-15(24-9-23-11)28-8-17(19,20)21;1-2/h1-2,5-6,9,13H,3-4,7-8H2,(H2,22,25,26);1-2H3. The Bertz CT molecular complexity index is 849. The zero-order chi connectivity index (χ0) is 22.1. The Kier molecular flexibility index (Phi) is 8.19. The summed E-state index contributed by atoms with van der Waals surface area (Å²) >= 11 is 0. The summed E-state index contributed by atoms with van der Waals surface area (Å²) in [6.45, 7) is 2.81. The molecule has 0 spiro atoms. The summed E-state index contributed by atoms with van der Waals surface area (Å²) in [5.41, 5.74) is 0.935. The Morgan fingerprint density at radius 3 is 2.77 bits per heavy atom. The minimum absolute atomic E-state index is 0.0454. The maximum absolute atomic E-state index is 13.3. The molecule has 1 aliphatic rings. The van der Waals surface area contributed by atoms with Crippen molar-refractivity contribution < 1.29 is 31.8 Å². The molecule has 0 saturated carbocycles. The first-order valence-electron chi connectivity index (χ1n) is 9.27. The van der Waals surface area contributed by atoms with E-state index in [9.17, 15) is 22.4 Å². The molecule has 1 aliphatic heterocycles. The fourth-order valence-electron chi connectivity index (χ4n) is 2.60. The number of halogens is 4. The highest BCUT2D eigenvalue weighted by Crippen LogP contribution is 2.32. The van der Waals surface area contributed by atoms with E-state index in [2.05, 4.69) is 25.3 Å². The summed E-state index contributed by atoms with van der Waals surface area (Å²) in [7, 11) is 0. The maximum atomic E-state index is 13.3. The van der Waals surface area contributed by atoms with E-state index in [1.807, 2.05) is 13.8 Å². The number of carbonyl (C=O) groups excluding carboxylic acids is 1. The van der Waals surface area contributed by atoms with Gasteiger partial charge in [-0.3, -0.25) is 0 Å². The summed E-state index contributed by atoms with van der Waals surface area (Å²) in [6.07, 6.45) is -2.93. The molecule has 30 heavy (non-hydrogen) atoms. The van der Waals surface area contributed by atoms with Crippen molar-refractivity contribution in [3.05, 3.63) is 47.7 Å². The van der Waals surface area contributed by atoms with Crippen molar-refractivity contribution in [2.75, 3.05) is 13.2 Å². The number of nitrogens with zero attached hydrogens (tertiary/aromatic N) is 2. The number of aromatic nitrogens is 2.